The van der Waals surface area contributed by atoms with Gasteiger partial charge < -0.3 is 11.1 Å². The zero-order valence-electron chi connectivity index (χ0n) is 6.61. The van der Waals surface area contributed by atoms with Crippen LogP contribution in [0.25, 0.3) is 0 Å². The van der Waals surface area contributed by atoms with Crippen molar-refractivity contribution in [1.82, 2.24) is 5.32 Å². The molecule has 2 nitrogen and oxygen atoms in total. The summed E-state index contributed by atoms with van der Waals surface area (Å²) in [7, 11) is 0. The lowest BCUT2D eigenvalue weighted by molar-refractivity contribution is -0.0633. The molecule has 0 radical (unpaired) electrons. The van der Waals surface area contributed by atoms with Crippen molar-refractivity contribution in [3.8, 4) is 0 Å². The van der Waals surface area contributed by atoms with Gasteiger partial charge in [0.15, 0.2) is 0 Å². The van der Waals surface area contributed by atoms with Crippen LogP contribution in [-0.4, -0.2) is 24.6 Å². The first-order valence-electron chi connectivity index (χ1n) is 3.90. The summed E-state index contributed by atoms with van der Waals surface area (Å²) in [5.41, 5.74) is 5.35. The molecule has 1 aliphatic rings. The minimum atomic E-state index is -2.55. The van der Waals surface area contributed by atoms with Crippen molar-refractivity contribution in [2.75, 3.05) is 6.54 Å². The molecule has 66 valence electrons. The fourth-order valence-electron chi connectivity index (χ4n) is 1.33. The number of nitrogens with one attached hydrogen (secondary N) is 1. The van der Waals surface area contributed by atoms with E-state index in [2.05, 4.69) is 5.32 Å². The highest BCUT2D eigenvalue weighted by molar-refractivity contribution is 4.89. The summed E-state index contributed by atoms with van der Waals surface area (Å²) >= 11 is 0. The van der Waals surface area contributed by atoms with Gasteiger partial charge in [-0.2, -0.15) is 0 Å². The largest absolute Gasteiger partial charge is 0.329 e. The summed E-state index contributed by atoms with van der Waals surface area (Å²) in [6.45, 7) is 1.95. The highest BCUT2D eigenvalue weighted by atomic mass is 19.3. The van der Waals surface area contributed by atoms with Gasteiger partial charge >= 0.3 is 0 Å². The van der Waals surface area contributed by atoms with E-state index in [1.54, 1.807) is 0 Å². The molecule has 0 aliphatic carbocycles. The average molecular weight is 164 g/mol. The Morgan fingerprint density at radius 3 is 2.73 bits per heavy atom. The standard InChI is InChI=1S/C7H14F2N2/c1-5-7(8,9)3-2-6(4-10)11-5/h5-6,11H,2-4,10H2,1H3. The SMILES string of the molecule is CC1NC(CN)CCC1(F)F. The van der Waals surface area contributed by atoms with Crippen LogP contribution in [0.2, 0.25) is 0 Å². The van der Waals surface area contributed by atoms with Crippen LogP contribution in [0.5, 0.6) is 0 Å². The first-order chi connectivity index (χ1) is 5.06. The van der Waals surface area contributed by atoms with E-state index < -0.39 is 12.0 Å². The van der Waals surface area contributed by atoms with Crippen LogP contribution in [0, 0.1) is 0 Å². The Morgan fingerprint density at radius 2 is 2.27 bits per heavy atom. The molecular formula is C7H14F2N2. The van der Waals surface area contributed by atoms with Gasteiger partial charge in [0, 0.05) is 19.0 Å². The minimum absolute atomic E-state index is 0.0387. The zero-order chi connectivity index (χ0) is 8.48. The van der Waals surface area contributed by atoms with Crippen molar-refractivity contribution in [2.24, 2.45) is 5.73 Å². The minimum Gasteiger partial charge on any atom is -0.329 e. The first kappa shape index (κ1) is 8.87. The van der Waals surface area contributed by atoms with E-state index >= 15 is 0 Å². The van der Waals surface area contributed by atoms with Gasteiger partial charge in [0.05, 0.1) is 6.04 Å². The Kier molecular flexibility index (Phi) is 2.44. The Bertz CT molecular complexity index is 138. The molecule has 0 aromatic rings. The van der Waals surface area contributed by atoms with E-state index in [-0.39, 0.29) is 12.5 Å². The molecule has 0 saturated carbocycles. The molecule has 0 amide bonds. The lowest BCUT2D eigenvalue weighted by atomic mass is 9.96. The molecule has 0 bridgehead atoms. The Balaban J connectivity index is 2.48. The third-order valence-corrected chi connectivity index (χ3v) is 2.23. The Hall–Kier alpha value is -0.220. The van der Waals surface area contributed by atoms with E-state index in [1.165, 1.54) is 6.92 Å². The number of piperidine rings is 1. The molecule has 1 saturated heterocycles. The monoisotopic (exact) mass is 164 g/mol. The van der Waals surface area contributed by atoms with E-state index in [0.29, 0.717) is 13.0 Å². The maximum Gasteiger partial charge on any atom is 0.262 e. The molecule has 0 spiro atoms. The predicted octanol–water partition coefficient (Wildman–Crippen LogP) is 0.721. The van der Waals surface area contributed by atoms with Crippen LogP contribution in [0.15, 0.2) is 0 Å². The van der Waals surface area contributed by atoms with Crippen LogP contribution in [-0.2, 0) is 0 Å². The molecule has 3 N–H and O–H groups in total. The normalized spacial score (nSPS) is 37.1. The molecule has 1 aliphatic heterocycles. The summed E-state index contributed by atoms with van der Waals surface area (Å²) in [4.78, 5) is 0. The van der Waals surface area contributed by atoms with E-state index in [1.807, 2.05) is 0 Å². The quantitative estimate of drug-likeness (QED) is 0.599. The van der Waals surface area contributed by atoms with E-state index in [4.69, 9.17) is 5.73 Å². The number of nitrogens with two attached hydrogens (primary N) is 1. The van der Waals surface area contributed by atoms with Crippen LogP contribution in [0.1, 0.15) is 19.8 Å². The summed E-state index contributed by atoms with van der Waals surface area (Å²) in [6.07, 6.45) is 0.441. The number of hydrogen-bond donors (Lipinski definition) is 2. The summed E-state index contributed by atoms with van der Waals surface area (Å²) in [5, 5.41) is 2.78. The molecule has 1 rings (SSSR count). The van der Waals surface area contributed by atoms with Crippen LogP contribution < -0.4 is 11.1 Å². The summed E-state index contributed by atoms with van der Waals surface area (Å²) in [6, 6.07) is -0.658. The molecular weight excluding hydrogens is 150 g/mol. The summed E-state index contributed by atoms with van der Waals surface area (Å²) in [5.74, 6) is -2.55. The van der Waals surface area contributed by atoms with Gasteiger partial charge in [-0.15, -0.1) is 0 Å². The highest BCUT2D eigenvalue weighted by Gasteiger charge is 2.40. The van der Waals surface area contributed by atoms with Crippen LogP contribution >= 0.6 is 0 Å². The lowest BCUT2D eigenvalue weighted by Gasteiger charge is -2.34. The summed E-state index contributed by atoms with van der Waals surface area (Å²) < 4.78 is 25.6. The first-order valence-corrected chi connectivity index (χ1v) is 3.90. The lowest BCUT2D eigenvalue weighted by Crippen LogP contribution is -2.54. The van der Waals surface area contributed by atoms with Crippen molar-refractivity contribution in [3.05, 3.63) is 0 Å². The van der Waals surface area contributed by atoms with Crippen molar-refractivity contribution in [1.29, 1.82) is 0 Å². The van der Waals surface area contributed by atoms with E-state index in [0.717, 1.165) is 0 Å². The second kappa shape index (κ2) is 3.03. The zero-order valence-corrected chi connectivity index (χ0v) is 6.61. The third-order valence-electron chi connectivity index (χ3n) is 2.23. The predicted molar refractivity (Wildman–Crippen MR) is 39.6 cm³/mol. The fourth-order valence-corrected chi connectivity index (χ4v) is 1.33. The number of halogens is 2. The Labute approximate surface area is 65.1 Å². The van der Waals surface area contributed by atoms with Crippen molar-refractivity contribution in [3.63, 3.8) is 0 Å². The van der Waals surface area contributed by atoms with Gasteiger partial charge in [-0.1, -0.05) is 0 Å². The van der Waals surface area contributed by atoms with Gasteiger partial charge in [0.25, 0.3) is 5.92 Å². The molecule has 2 unspecified atom stereocenters. The second-order valence-electron chi connectivity index (χ2n) is 3.12. The molecule has 4 heteroatoms. The number of alkyl halides is 2. The highest BCUT2D eigenvalue weighted by Crippen LogP contribution is 2.29. The van der Waals surface area contributed by atoms with Gasteiger partial charge in [0.1, 0.15) is 0 Å². The van der Waals surface area contributed by atoms with Gasteiger partial charge in [0.2, 0.25) is 0 Å². The average Bonchev–Trinajstić information content (AvgIpc) is 1.95. The fraction of sp³-hybridized carbons (Fsp3) is 1.00. The van der Waals surface area contributed by atoms with Gasteiger partial charge in [-0.3, -0.25) is 0 Å². The van der Waals surface area contributed by atoms with Crippen molar-refractivity contribution < 1.29 is 8.78 Å². The molecule has 0 aromatic carbocycles. The topological polar surface area (TPSA) is 38.0 Å². The molecule has 1 fully saturated rings. The Morgan fingerprint density at radius 1 is 1.64 bits per heavy atom. The molecule has 0 aromatic heterocycles. The number of hydrogen-bond acceptors (Lipinski definition) is 2. The molecule has 11 heavy (non-hydrogen) atoms. The second-order valence-corrected chi connectivity index (χ2v) is 3.12. The molecule has 2 atom stereocenters. The third kappa shape index (κ3) is 1.87. The van der Waals surface area contributed by atoms with Crippen LogP contribution in [0.3, 0.4) is 0 Å². The maximum atomic E-state index is 12.8. The number of rotatable bonds is 1. The maximum absolute atomic E-state index is 12.8. The van der Waals surface area contributed by atoms with Crippen molar-refractivity contribution >= 4 is 0 Å². The van der Waals surface area contributed by atoms with Gasteiger partial charge in [-0.05, 0) is 13.3 Å². The van der Waals surface area contributed by atoms with Crippen molar-refractivity contribution in [2.45, 2.75) is 37.8 Å². The van der Waals surface area contributed by atoms with E-state index in [9.17, 15) is 8.78 Å². The molecule has 1 heterocycles. The van der Waals surface area contributed by atoms with Crippen LogP contribution in [0.4, 0.5) is 8.78 Å². The van der Waals surface area contributed by atoms with Gasteiger partial charge in [-0.25, -0.2) is 8.78 Å². The smallest absolute Gasteiger partial charge is 0.262 e.